The largest absolute Gasteiger partial charge is 0.301 e. The van der Waals surface area contributed by atoms with Crippen LogP contribution in [0.2, 0.25) is 10.0 Å². The number of hydrogen-bond acceptors (Lipinski definition) is 5. The van der Waals surface area contributed by atoms with E-state index >= 15 is 0 Å². The molecule has 1 amide bonds. The maximum atomic E-state index is 12.0. The standard InChI is InChI=1S/C14H13Cl2N3OS2.ClH/c15-9-1-2-11(16)8(3-9)4-10-5-17-14(22-10)19-13(20)12-6-21-7-18-12;/h1-3,5,12,18H,4,6-7H2,(H,17,19,20);1H. The molecule has 0 spiro atoms. The van der Waals surface area contributed by atoms with E-state index < -0.39 is 0 Å². The maximum absolute atomic E-state index is 12.0. The van der Waals surface area contributed by atoms with E-state index in [1.807, 2.05) is 6.07 Å². The molecule has 2 aromatic rings. The van der Waals surface area contributed by atoms with Crippen LogP contribution < -0.4 is 10.6 Å². The summed E-state index contributed by atoms with van der Waals surface area (Å²) in [5.41, 5.74) is 0.949. The minimum atomic E-state index is -0.139. The van der Waals surface area contributed by atoms with Crippen molar-refractivity contribution in [2.24, 2.45) is 0 Å². The highest BCUT2D eigenvalue weighted by molar-refractivity contribution is 7.99. The second-order valence-electron chi connectivity index (χ2n) is 4.81. The molecule has 0 bridgehead atoms. The molecule has 2 heterocycles. The summed E-state index contributed by atoms with van der Waals surface area (Å²) in [5.74, 6) is 1.57. The zero-order valence-corrected chi connectivity index (χ0v) is 15.8. The molecule has 1 unspecified atom stereocenters. The van der Waals surface area contributed by atoms with E-state index in [1.165, 1.54) is 11.3 Å². The van der Waals surface area contributed by atoms with E-state index in [4.69, 9.17) is 23.2 Å². The molecule has 2 N–H and O–H groups in total. The third kappa shape index (κ3) is 4.98. The van der Waals surface area contributed by atoms with Gasteiger partial charge in [0.1, 0.15) is 0 Å². The predicted molar refractivity (Wildman–Crippen MR) is 102 cm³/mol. The molecule has 0 radical (unpaired) electrons. The average molecular weight is 411 g/mol. The van der Waals surface area contributed by atoms with Crippen molar-refractivity contribution in [1.29, 1.82) is 0 Å². The number of halogens is 3. The van der Waals surface area contributed by atoms with Crippen LogP contribution in [0.15, 0.2) is 24.4 Å². The molecule has 23 heavy (non-hydrogen) atoms. The van der Waals surface area contributed by atoms with Gasteiger partial charge in [-0.2, -0.15) is 0 Å². The Hall–Kier alpha value is -0.500. The van der Waals surface area contributed by atoms with E-state index in [0.717, 1.165) is 22.1 Å². The Bertz CT molecular complexity index is 690. The Balaban J connectivity index is 0.00000192. The molecule has 1 aliphatic heterocycles. The van der Waals surface area contributed by atoms with E-state index in [-0.39, 0.29) is 24.4 Å². The maximum Gasteiger partial charge on any atom is 0.244 e. The summed E-state index contributed by atoms with van der Waals surface area (Å²) in [7, 11) is 0. The second-order valence-corrected chi connectivity index (χ2v) is 7.79. The van der Waals surface area contributed by atoms with Crippen LogP contribution in [0.25, 0.3) is 0 Å². The van der Waals surface area contributed by atoms with E-state index in [1.54, 1.807) is 30.1 Å². The van der Waals surface area contributed by atoms with Crippen LogP contribution in [0.5, 0.6) is 0 Å². The lowest BCUT2D eigenvalue weighted by Gasteiger charge is -2.07. The number of carbonyl (C=O) groups excluding carboxylic acids is 1. The number of benzene rings is 1. The summed E-state index contributed by atoms with van der Waals surface area (Å²) in [6, 6.07) is 5.26. The highest BCUT2D eigenvalue weighted by Crippen LogP contribution is 2.27. The Kier molecular flexibility index (Phi) is 7.00. The van der Waals surface area contributed by atoms with Gasteiger partial charge in [0.2, 0.25) is 5.91 Å². The van der Waals surface area contributed by atoms with Gasteiger partial charge in [-0.05, 0) is 23.8 Å². The van der Waals surface area contributed by atoms with Crippen molar-refractivity contribution in [2.45, 2.75) is 12.5 Å². The van der Waals surface area contributed by atoms with Gasteiger partial charge < -0.3 is 5.32 Å². The van der Waals surface area contributed by atoms with E-state index in [0.29, 0.717) is 21.6 Å². The first kappa shape index (κ1) is 18.8. The minimum Gasteiger partial charge on any atom is -0.301 e. The van der Waals surface area contributed by atoms with Gasteiger partial charge in [-0.25, -0.2) is 4.98 Å². The molecule has 1 aromatic heterocycles. The van der Waals surface area contributed by atoms with Crippen molar-refractivity contribution in [3.8, 4) is 0 Å². The predicted octanol–water partition coefficient (Wildman–Crippen LogP) is 4.06. The number of anilines is 1. The van der Waals surface area contributed by atoms with Crippen LogP contribution in [-0.2, 0) is 11.2 Å². The first-order valence-corrected chi connectivity index (χ1v) is 9.35. The highest BCUT2D eigenvalue weighted by atomic mass is 35.5. The molecule has 1 aliphatic rings. The molecule has 0 aliphatic carbocycles. The summed E-state index contributed by atoms with van der Waals surface area (Å²) < 4.78 is 0. The first-order valence-electron chi connectivity index (χ1n) is 6.62. The fourth-order valence-corrected chi connectivity index (χ4v) is 4.23. The lowest BCUT2D eigenvalue weighted by Crippen LogP contribution is -2.37. The van der Waals surface area contributed by atoms with Crippen LogP contribution in [0, 0.1) is 0 Å². The number of thioether (sulfide) groups is 1. The van der Waals surface area contributed by atoms with Crippen molar-refractivity contribution < 1.29 is 4.79 Å². The normalized spacial score (nSPS) is 16.9. The Morgan fingerprint density at radius 3 is 3.00 bits per heavy atom. The van der Waals surface area contributed by atoms with Gasteiger partial charge in [0, 0.05) is 39.2 Å². The Morgan fingerprint density at radius 2 is 2.26 bits per heavy atom. The minimum absolute atomic E-state index is 0. The fraction of sp³-hybridized carbons (Fsp3) is 0.286. The second kappa shape index (κ2) is 8.55. The number of aromatic nitrogens is 1. The SMILES string of the molecule is Cl.O=C(Nc1ncc(Cc2cc(Cl)ccc2Cl)s1)C1CSCN1. The van der Waals surface area contributed by atoms with Gasteiger partial charge in [-0.15, -0.1) is 35.5 Å². The number of rotatable bonds is 4. The molecular formula is C14H14Cl3N3OS2. The molecule has 3 rings (SSSR count). The summed E-state index contributed by atoms with van der Waals surface area (Å²) in [6.07, 6.45) is 2.40. The summed E-state index contributed by atoms with van der Waals surface area (Å²) in [5, 5.41) is 7.92. The molecule has 4 nitrogen and oxygen atoms in total. The fourth-order valence-electron chi connectivity index (χ4n) is 2.07. The van der Waals surface area contributed by atoms with E-state index in [2.05, 4.69) is 15.6 Å². The van der Waals surface area contributed by atoms with E-state index in [9.17, 15) is 4.79 Å². The van der Waals surface area contributed by atoms with Gasteiger partial charge in [-0.1, -0.05) is 23.2 Å². The molecule has 1 fully saturated rings. The van der Waals surface area contributed by atoms with Crippen molar-refractivity contribution >= 4 is 69.7 Å². The Labute approximate surface area is 158 Å². The third-order valence-corrected chi connectivity index (χ3v) is 5.65. The number of nitrogens with one attached hydrogen (secondary N) is 2. The number of thiazole rings is 1. The lowest BCUT2D eigenvalue weighted by molar-refractivity contribution is -0.117. The smallest absolute Gasteiger partial charge is 0.244 e. The average Bonchev–Trinajstić information content (AvgIpc) is 3.14. The zero-order valence-electron chi connectivity index (χ0n) is 11.8. The van der Waals surface area contributed by atoms with Crippen molar-refractivity contribution in [3.05, 3.63) is 44.9 Å². The summed E-state index contributed by atoms with van der Waals surface area (Å²) >= 11 is 15.3. The van der Waals surface area contributed by atoms with Crippen LogP contribution in [-0.4, -0.2) is 28.6 Å². The van der Waals surface area contributed by atoms with Gasteiger partial charge in [0.05, 0.1) is 6.04 Å². The number of carbonyl (C=O) groups is 1. The van der Waals surface area contributed by atoms with Crippen LogP contribution in [0.4, 0.5) is 5.13 Å². The molecule has 1 aromatic carbocycles. The zero-order chi connectivity index (χ0) is 15.5. The van der Waals surface area contributed by atoms with Crippen molar-refractivity contribution in [1.82, 2.24) is 10.3 Å². The van der Waals surface area contributed by atoms with Crippen molar-refractivity contribution in [2.75, 3.05) is 16.9 Å². The van der Waals surface area contributed by atoms with Gasteiger partial charge in [0.15, 0.2) is 5.13 Å². The topological polar surface area (TPSA) is 54.0 Å². The molecule has 9 heteroatoms. The quantitative estimate of drug-likeness (QED) is 0.798. The number of amides is 1. The number of nitrogens with zero attached hydrogens (tertiary/aromatic N) is 1. The monoisotopic (exact) mass is 409 g/mol. The van der Waals surface area contributed by atoms with Crippen LogP contribution in [0.3, 0.4) is 0 Å². The lowest BCUT2D eigenvalue weighted by atomic mass is 10.1. The Morgan fingerprint density at radius 1 is 1.43 bits per heavy atom. The molecule has 1 saturated heterocycles. The van der Waals surface area contributed by atoms with Crippen LogP contribution in [0.1, 0.15) is 10.4 Å². The van der Waals surface area contributed by atoms with Gasteiger partial charge in [-0.3, -0.25) is 10.1 Å². The molecule has 1 atom stereocenters. The van der Waals surface area contributed by atoms with Gasteiger partial charge in [0.25, 0.3) is 0 Å². The third-order valence-electron chi connectivity index (χ3n) is 3.19. The first-order chi connectivity index (χ1) is 10.6. The van der Waals surface area contributed by atoms with Crippen LogP contribution >= 0.6 is 58.7 Å². The van der Waals surface area contributed by atoms with Crippen molar-refractivity contribution in [3.63, 3.8) is 0 Å². The summed E-state index contributed by atoms with van der Waals surface area (Å²) in [6.45, 7) is 0. The molecule has 124 valence electrons. The summed E-state index contributed by atoms with van der Waals surface area (Å²) in [4.78, 5) is 17.3. The molecule has 0 saturated carbocycles. The molecular weight excluding hydrogens is 397 g/mol. The number of hydrogen-bond donors (Lipinski definition) is 2. The highest BCUT2D eigenvalue weighted by Gasteiger charge is 2.23. The van der Waals surface area contributed by atoms with Gasteiger partial charge >= 0.3 is 0 Å².